The van der Waals surface area contributed by atoms with Crippen LogP contribution in [-0.2, 0) is 0 Å². The maximum atomic E-state index is 9.06. The molecular formula is C16H34O2. The Morgan fingerprint density at radius 2 is 1.61 bits per heavy atom. The van der Waals surface area contributed by atoms with Gasteiger partial charge in [-0.15, -0.1) is 6.58 Å². The van der Waals surface area contributed by atoms with E-state index in [0.717, 1.165) is 18.8 Å². The molecule has 0 aromatic rings. The SMILES string of the molecule is C=CCCC(CC)CC.CCCC(O)CC(C)O. The Hall–Kier alpha value is -0.340. The van der Waals surface area contributed by atoms with Gasteiger partial charge in [0.05, 0.1) is 12.2 Å². The maximum absolute atomic E-state index is 9.06. The Balaban J connectivity index is 0. The molecule has 18 heavy (non-hydrogen) atoms. The predicted octanol–water partition coefficient (Wildman–Crippen LogP) is 4.31. The first-order valence-corrected chi connectivity index (χ1v) is 7.48. The Morgan fingerprint density at radius 3 is 1.94 bits per heavy atom. The first kappa shape index (κ1) is 20.0. The van der Waals surface area contributed by atoms with Crippen molar-refractivity contribution in [2.75, 3.05) is 0 Å². The summed E-state index contributed by atoms with van der Waals surface area (Å²) in [5.74, 6) is 0.933. The third-order valence-electron chi connectivity index (χ3n) is 3.17. The monoisotopic (exact) mass is 258 g/mol. The van der Waals surface area contributed by atoms with Crippen LogP contribution in [0.3, 0.4) is 0 Å². The minimum Gasteiger partial charge on any atom is -0.393 e. The van der Waals surface area contributed by atoms with Gasteiger partial charge in [0.25, 0.3) is 0 Å². The van der Waals surface area contributed by atoms with Gasteiger partial charge < -0.3 is 10.2 Å². The van der Waals surface area contributed by atoms with Gasteiger partial charge in [-0.05, 0) is 38.5 Å². The van der Waals surface area contributed by atoms with E-state index in [2.05, 4.69) is 20.4 Å². The number of aliphatic hydroxyl groups excluding tert-OH is 2. The molecule has 2 nitrogen and oxygen atoms in total. The fourth-order valence-corrected chi connectivity index (χ4v) is 1.90. The fourth-order valence-electron chi connectivity index (χ4n) is 1.90. The molecular weight excluding hydrogens is 224 g/mol. The predicted molar refractivity (Wildman–Crippen MR) is 80.7 cm³/mol. The molecule has 2 unspecified atom stereocenters. The molecule has 0 radical (unpaired) electrons. The summed E-state index contributed by atoms with van der Waals surface area (Å²) in [6.07, 6.45) is 8.78. The van der Waals surface area contributed by atoms with Crippen molar-refractivity contribution >= 4 is 0 Å². The smallest absolute Gasteiger partial charge is 0.0564 e. The molecule has 2 atom stereocenters. The van der Waals surface area contributed by atoms with Crippen LogP contribution in [0.1, 0.15) is 72.6 Å². The van der Waals surface area contributed by atoms with Crippen LogP contribution in [0.5, 0.6) is 0 Å². The van der Waals surface area contributed by atoms with E-state index in [0.29, 0.717) is 6.42 Å². The summed E-state index contributed by atoms with van der Waals surface area (Å²) in [4.78, 5) is 0. The van der Waals surface area contributed by atoms with E-state index >= 15 is 0 Å². The van der Waals surface area contributed by atoms with E-state index in [1.165, 1.54) is 25.7 Å². The van der Waals surface area contributed by atoms with E-state index in [-0.39, 0.29) is 12.2 Å². The Bertz CT molecular complexity index is 162. The molecule has 0 amide bonds. The molecule has 0 aliphatic heterocycles. The number of hydrogen-bond donors (Lipinski definition) is 2. The molecule has 2 N–H and O–H groups in total. The molecule has 0 spiro atoms. The molecule has 0 bridgehead atoms. The van der Waals surface area contributed by atoms with Crippen LogP contribution in [0, 0.1) is 5.92 Å². The van der Waals surface area contributed by atoms with Crippen molar-refractivity contribution in [1.29, 1.82) is 0 Å². The Labute approximate surface area is 114 Å². The second kappa shape index (κ2) is 14.7. The highest BCUT2D eigenvalue weighted by Gasteiger charge is 2.05. The highest BCUT2D eigenvalue weighted by Crippen LogP contribution is 2.14. The molecule has 0 saturated heterocycles. The number of allylic oxidation sites excluding steroid dienone is 1. The highest BCUT2D eigenvalue weighted by molar-refractivity contribution is 4.68. The zero-order valence-electron chi connectivity index (χ0n) is 12.9. The van der Waals surface area contributed by atoms with Gasteiger partial charge in [0.2, 0.25) is 0 Å². The standard InChI is InChI=1S/C9H18.C7H16O2/c1-4-7-8-9(5-2)6-3;1-3-4-7(9)5-6(2)8/h4,9H,1,5-8H2,2-3H3;6-9H,3-5H2,1-2H3. The lowest BCUT2D eigenvalue weighted by Gasteiger charge is -2.09. The summed E-state index contributed by atoms with van der Waals surface area (Å²) in [7, 11) is 0. The van der Waals surface area contributed by atoms with Gasteiger partial charge in [0, 0.05) is 0 Å². The summed E-state index contributed by atoms with van der Waals surface area (Å²) >= 11 is 0. The molecule has 0 rings (SSSR count). The van der Waals surface area contributed by atoms with Crippen LogP contribution in [0.15, 0.2) is 12.7 Å². The van der Waals surface area contributed by atoms with E-state index in [1.807, 2.05) is 13.0 Å². The van der Waals surface area contributed by atoms with Crippen molar-refractivity contribution in [3.63, 3.8) is 0 Å². The summed E-state index contributed by atoms with van der Waals surface area (Å²) in [6.45, 7) is 11.9. The normalized spacial score (nSPS) is 13.7. The van der Waals surface area contributed by atoms with Crippen LogP contribution < -0.4 is 0 Å². The maximum Gasteiger partial charge on any atom is 0.0564 e. The van der Waals surface area contributed by atoms with E-state index in [1.54, 1.807) is 6.92 Å². The number of aliphatic hydroxyl groups is 2. The zero-order chi connectivity index (χ0) is 14.4. The minimum absolute atomic E-state index is 0.310. The van der Waals surface area contributed by atoms with Crippen molar-refractivity contribution in [2.24, 2.45) is 5.92 Å². The van der Waals surface area contributed by atoms with E-state index < -0.39 is 0 Å². The van der Waals surface area contributed by atoms with E-state index in [4.69, 9.17) is 10.2 Å². The Morgan fingerprint density at radius 1 is 1.06 bits per heavy atom. The quantitative estimate of drug-likeness (QED) is 0.605. The lowest BCUT2D eigenvalue weighted by atomic mass is 9.98. The van der Waals surface area contributed by atoms with Crippen LogP contribution in [0.25, 0.3) is 0 Å². The van der Waals surface area contributed by atoms with Crippen LogP contribution in [0.2, 0.25) is 0 Å². The average molecular weight is 258 g/mol. The van der Waals surface area contributed by atoms with Gasteiger partial charge >= 0.3 is 0 Å². The van der Waals surface area contributed by atoms with E-state index in [9.17, 15) is 0 Å². The summed E-state index contributed by atoms with van der Waals surface area (Å²) < 4.78 is 0. The van der Waals surface area contributed by atoms with Gasteiger partial charge in [-0.25, -0.2) is 0 Å². The van der Waals surface area contributed by atoms with Crippen molar-refractivity contribution < 1.29 is 10.2 Å². The van der Waals surface area contributed by atoms with Gasteiger partial charge in [0.15, 0.2) is 0 Å². The van der Waals surface area contributed by atoms with Gasteiger partial charge in [-0.1, -0.05) is 46.1 Å². The van der Waals surface area contributed by atoms with Gasteiger partial charge in [0.1, 0.15) is 0 Å². The van der Waals surface area contributed by atoms with Gasteiger partial charge in [-0.2, -0.15) is 0 Å². The topological polar surface area (TPSA) is 40.5 Å². The number of hydrogen-bond acceptors (Lipinski definition) is 2. The van der Waals surface area contributed by atoms with Crippen LogP contribution in [0.4, 0.5) is 0 Å². The van der Waals surface area contributed by atoms with Crippen molar-refractivity contribution in [3.8, 4) is 0 Å². The average Bonchev–Trinajstić information content (AvgIpc) is 2.30. The van der Waals surface area contributed by atoms with Crippen molar-refractivity contribution in [1.82, 2.24) is 0 Å². The van der Waals surface area contributed by atoms with Crippen molar-refractivity contribution in [3.05, 3.63) is 12.7 Å². The molecule has 0 aromatic heterocycles. The summed E-state index contributed by atoms with van der Waals surface area (Å²) in [5, 5.41) is 17.8. The summed E-state index contributed by atoms with van der Waals surface area (Å²) in [5.41, 5.74) is 0. The highest BCUT2D eigenvalue weighted by atomic mass is 16.3. The lowest BCUT2D eigenvalue weighted by Crippen LogP contribution is -2.13. The minimum atomic E-state index is -0.369. The third-order valence-corrected chi connectivity index (χ3v) is 3.17. The largest absolute Gasteiger partial charge is 0.393 e. The zero-order valence-corrected chi connectivity index (χ0v) is 12.9. The fraction of sp³-hybridized carbons (Fsp3) is 0.875. The Kier molecular flexibility index (Phi) is 16.3. The molecule has 2 heteroatoms. The lowest BCUT2D eigenvalue weighted by molar-refractivity contribution is 0.0848. The summed E-state index contributed by atoms with van der Waals surface area (Å²) in [6, 6.07) is 0. The van der Waals surface area contributed by atoms with Crippen molar-refractivity contribution in [2.45, 2.75) is 84.8 Å². The molecule has 0 fully saturated rings. The molecule has 0 aliphatic carbocycles. The molecule has 0 saturated carbocycles. The molecule has 0 heterocycles. The van der Waals surface area contributed by atoms with Crippen LogP contribution >= 0.6 is 0 Å². The second-order valence-corrected chi connectivity index (χ2v) is 5.08. The first-order valence-electron chi connectivity index (χ1n) is 7.48. The first-order chi connectivity index (χ1) is 8.51. The second-order valence-electron chi connectivity index (χ2n) is 5.08. The third kappa shape index (κ3) is 15.7. The van der Waals surface area contributed by atoms with Gasteiger partial charge in [-0.3, -0.25) is 0 Å². The molecule has 0 aromatic carbocycles. The van der Waals surface area contributed by atoms with Crippen LogP contribution in [-0.4, -0.2) is 22.4 Å². The number of rotatable bonds is 9. The molecule has 0 aliphatic rings. The molecule has 110 valence electrons.